The third-order valence-electron chi connectivity index (χ3n) is 4.62. The Morgan fingerprint density at radius 2 is 2.17 bits per heavy atom. The largest absolute Gasteiger partial charge is 0.396 e. The Hall–Kier alpha value is -1.59. The Labute approximate surface area is 141 Å². The maximum Gasteiger partial charge on any atom is 0.226 e. The van der Waals surface area contributed by atoms with Crippen molar-refractivity contribution < 1.29 is 14.7 Å². The van der Waals surface area contributed by atoms with Gasteiger partial charge in [0.25, 0.3) is 0 Å². The summed E-state index contributed by atoms with van der Waals surface area (Å²) in [5.41, 5.74) is 0.855. The molecule has 5 nitrogen and oxygen atoms in total. The molecule has 0 aliphatic carbocycles. The van der Waals surface area contributed by atoms with Gasteiger partial charge >= 0.3 is 0 Å². The van der Waals surface area contributed by atoms with Gasteiger partial charge in [0.15, 0.2) is 0 Å². The quantitative estimate of drug-likeness (QED) is 0.862. The van der Waals surface area contributed by atoms with E-state index in [9.17, 15) is 14.7 Å². The molecule has 0 radical (unpaired) electrons. The van der Waals surface area contributed by atoms with Crippen molar-refractivity contribution in [2.75, 3.05) is 13.7 Å². The first-order chi connectivity index (χ1) is 10.8. The van der Waals surface area contributed by atoms with Crippen molar-refractivity contribution in [3.63, 3.8) is 0 Å². The molecule has 0 aromatic heterocycles. The molecular formula is C17H23ClN2O3. The molecule has 4 atom stereocenters. The Morgan fingerprint density at radius 1 is 1.48 bits per heavy atom. The zero-order chi connectivity index (χ0) is 17.1. The van der Waals surface area contributed by atoms with E-state index in [2.05, 4.69) is 5.32 Å². The van der Waals surface area contributed by atoms with E-state index < -0.39 is 5.92 Å². The number of likely N-dealkylation sites (tertiary alicyclic amines) is 1. The van der Waals surface area contributed by atoms with Crippen LogP contribution >= 0.6 is 11.6 Å². The van der Waals surface area contributed by atoms with E-state index >= 15 is 0 Å². The van der Waals surface area contributed by atoms with E-state index in [1.54, 1.807) is 24.1 Å². The lowest BCUT2D eigenvalue weighted by atomic mass is 9.92. The fourth-order valence-corrected chi connectivity index (χ4v) is 3.08. The lowest BCUT2D eigenvalue weighted by Gasteiger charge is -2.27. The average molecular weight is 339 g/mol. The van der Waals surface area contributed by atoms with E-state index in [0.717, 1.165) is 5.56 Å². The molecule has 0 bridgehead atoms. The zero-order valence-electron chi connectivity index (χ0n) is 13.6. The zero-order valence-corrected chi connectivity index (χ0v) is 14.4. The first kappa shape index (κ1) is 17.8. The summed E-state index contributed by atoms with van der Waals surface area (Å²) in [6.45, 7) is 3.72. The topological polar surface area (TPSA) is 69.6 Å². The van der Waals surface area contributed by atoms with Crippen LogP contribution in [0.4, 0.5) is 0 Å². The number of amides is 2. The summed E-state index contributed by atoms with van der Waals surface area (Å²) in [6.07, 6.45) is 0.180. The number of nitrogens with zero attached hydrogens (tertiary/aromatic N) is 1. The Morgan fingerprint density at radius 3 is 2.78 bits per heavy atom. The molecule has 1 aromatic rings. The number of carbonyl (C=O) groups is 2. The van der Waals surface area contributed by atoms with Gasteiger partial charge < -0.3 is 15.3 Å². The molecule has 1 fully saturated rings. The lowest BCUT2D eigenvalue weighted by molar-refractivity contribution is -0.128. The van der Waals surface area contributed by atoms with Crippen LogP contribution < -0.4 is 5.32 Å². The van der Waals surface area contributed by atoms with Crippen LogP contribution in [0.1, 0.15) is 31.9 Å². The number of nitrogens with one attached hydrogen (secondary N) is 1. The first-order valence-electron chi connectivity index (χ1n) is 7.77. The highest BCUT2D eigenvalue weighted by molar-refractivity contribution is 6.30. The Kier molecular flexibility index (Phi) is 5.65. The summed E-state index contributed by atoms with van der Waals surface area (Å²) in [7, 11) is 1.71. The van der Waals surface area contributed by atoms with Gasteiger partial charge in [-0.05, 0) is 30.5 Å². The van der Waals surface area contributed by atoms with Crippen molar-refractivity contribution in [3.05, 3.63) is 34.9 Å². The number of aliphatic hydroxyl groups is 1. The van der Waals surface area contributed by atoms with Crippen LogP contribution in [0.2, 0.25) is 5.02 Å². The Bertz CT molecular complexity index is 593. The average Bonchev–Trinajstić information content (AvgIpc) is 2.82. The second kappa shape index (κ2) is 7.32. The van der Waals surface area contributed by atoms with E-state index in [0.29, 0.717) is 5.02 Å². The summed E-state index contributed by atoms with van der Waals surface area (Å²) in [5, 5.41) is 12.7. The summed E-state index contributed by atoms with van der Waals surface area (Å²) in [5.74, 6) is -0.726. The smallest absolute Gasteiger partial charge is 0.226 e. The number of hydrogen-bond donors (Lipinski definition) is 2. The molecule has 1 aromatic carbocycles. The van der Waals surface area contributed by atoms with E-state index in [1.807, 2.05) is 26.0 Å². The minimum atomic E-state index is -0.459. The SMILES string of the molecule is CC(CO)C(C)NC(=O)C1CC(=O)N(C)C1c1cccc(Cl)c1. The number of hydrogen-bond acceptors (Lipinski definition) is 3. The van der Waals surface area contributed by atoms with Gasteiger partial charge in [-0.1, -0.05) is 30.7 Å². The van der Waals surface area contributed by atoms with Crippen LogP contribution in [0.15, 0.2) is 24.3 Å². The van der Waals surface area contributed by atoms with Crippen LogP contribution in [0.3, 0.4) is 0 Å². The van der Waals surface area contributed by atoms with Crippen LogP contribution in [0.25, 0.3) is 0 Å². The second-order valence-corrected chi connectivity index (χ2v) is 6.71. The van der Waals surface area contributed by atoms with Gasteiger partial charge in [-0.2, -0.15) is 0 Å². The molecule has 2 amide bonds. The van der Waals surface area contributed by atoms with Crippen molar-refractivity contribution in [1.29, 1.82) is 0 Å². The fourth-order valence-electron chi connectivity index (χ4n) is 2.88. The van der Waals surface area contributed by atoms with E-state index in [4.69, 9.17) is 11.6 Å². The molecule has 2 N–H and O–H groups in total. The van der Waals surface area contributed by atoms with Crippen LogP contribution in [-0.4, -0.2) is 41.5 Å². The highest BCUT2D eigenvalue weighted by Crippen LogP contribution is 2.37. The van der Waals surface area contributed by atoms with Gasteiger partial charge in [-0.25, -0.2) is 0 Å². The van der Waals surface area contributed by atoms with Crippen LogP contribution in [-0.2, 0) is 9.59 Å². The van der Waals surface area contributed by atoms with Crippen molar-refractivity contribution in [2.45, 2.75) is 32.4 Å². The van der Waals surface area contributed by atoms with Gasteiger partial charge in [0.1, 0.15) is 0 Å². The van der Waals surface area contributed by atoms with Crippen molar-refractivity contribution >= 4 is 23.4 Å². The molecule has 1 aliphatic rings. The van der Waals surface area contributed by atoms with E-state index in [1.165, 1.54) is 0 Å². The molecule has 23 heavy (non-hydrogen) atoms. The number of halogens is 1. The van der Waals surface area contributed by atoms with Gasteiger partial charge in [0, 0.05) is 31.1 Å². The number of aliphatic hydroxyl groups excluding tert-OH is 1. The van der Waals surface area contributed by atoms with Gasteiger partial charge in [-0.15, -0.1) is 0 Å². The Balaban J connectivity index is 2.22. The molecule has 1 saturated heterocycles. The third kappa shape index (κ3) is 3.85. The predicted octanol–water partition coefficient (Wildman–Crippen LogP) is 1.99. The number of benzene rings is 1. The van der Waals surface area contributed by atoms with Crippen LogP contribution in [0.5, 0.6) is 0 Å². The third-order valence-corrected chi connectivity index (χ3v) is 4.86. The van der Waals surface area contributed by atoms with E-state index in [-0.39, 0.29) is 42.8 Å². The molecule has 0 spiro atoms. The monoisotopic (exact) mass is 338 g/mol. The fraction of sp³-hybridized carbons (Fsp3) is 0.529. The van der Waals surface area contributed by atoms with Crippen molar-refractivity contribution in [2.24, 2.45) is 11.8 Å². The predicted molar refractivity (Wildman–Crippen MR) is 88.9 cm³/mol. The summed E-state index contributed by atoms with van der Waals surface area (Å²) in [4.78, 5) is 26.3. The normalized spacial score (nSPS) is 23.7. The van der Waals surface area contributed by atoms with Crippen molar-refractivity contribution in [1.82, 2.24) is 10.2 Å². The number of rotatable bonds is 5. The molecule has 1 heterocycles. The molecule has 126 valence electrons. The minimum absolute atomic E-state index is 0.00265. The van der Waals surface area contributed by atoms with Gasteiger partial charge in [0.05, 0.1) is 12.0 Å². The summed E-state index contributed by atoms with van der Waals surface area (Å²) >= 11 is 6.05. The highest BCUT2D eigenvalue weighted by Gasteiger charge is 2.43. The van der Waals surface area contributed by atoms with Crippen molar-refractivity contribution in [3.8, 4) is 0 Å². The van der Waals surface area contributed by atoms with Crippen LogP contribution in [0, 0.1) is 11.8 Å². The molecule has 0 saturated carbocycles. The molecule has 6 heteroatoms. The second-order valence-electron chi connectivity index (χ2n) is 6.27. The van der Waals surface area contributed by atoms with Gasteiger partial charge in [-0.3, -0.25) is 9.59 Å². The molecule has 4 unspecified atom stereocenters. The summed E-state index contributed by atoms with van der Waals surface area (Å²) in [6, 6.07) is 6.78. The first-order valence-corrected chi connectivity index (χ1v) is 8.15. The standard InChI is InChI=1S/C17H23ClN2O3/c1-10(9-21)11(2)19-17(23)14-8-15(22)20(3)16(14)12-5-4-6-13(18)7-12/h4-7,10-11,14,16,21H,8-9H2,1-3H3,(H,19,23). The molecule has 1 aliphatic heterocycles. The maximum atomic E-state index is 12.6. The lowest BCUT2D eigenvalue weighted by Crippen LogP contribution is -2.42. The van der Waals surface area contributed by atoms with Gasteiger partial charge in [0.2, 0.25) is 11.8 Å². The number of carbonyl (C=O) groups excluding carboxylic acids is 2. The minimum Gasteiger partial charge on any atom is -0.396 e. The highest BCUT2D eigenvalue weighted by atomic mass is 35.5. The molecular weight excluding hydrogens is 316 g/mol. The maximum absolute atomic E-state index is 12.6. The summed E-state index contributed by atoms with van der Waals surface area (Å²) < 4.78 is 0. The molecule has 2 rings (SSSR count).